The van der Waals surface area contributed by atoms with E-state index in [0.717, 1.165) is 5.56 Å². The van der Waals surface area contributed by atoms with Crippen molar-refractivity contribution in [3.05, 3.63) is 29.8 Å². The highest BCUT2D eigenvalue weighted by atomic mass is 32.2. The van der Waals surface area contributed by atoms with E-state index < -0.39 is 17.0 Å². The van der Waals surface area contributed by atoms with Crippen LogP contribution >= 0.6 is 0 Å². The van der Waals surface area contributed by atoms with Gasteiger partial charge in [0.1, 0.15) is 23.2 Å². The second-order valence-corrected chi connectivity index (χ2v) is 5.84. The van der Waals surface area contributed by atoms with E-state index >= 15 is 0 Å². The summed E-state index contributed by atoms with van der Waals surface area (Å²) in [6, 6.07) is 7.03. The molecule has 0 aliphatic heterocycles. The fourth-order valence-electron chi connectivity index (χ4n) is 1.60. The van der Waals surface area contributed by atoms with Crippen LogP contribution < -0.4 is 4.72 Å². The van der Waals surface area contributed by atoms with Crippen LogP contribution in [-0.4, -0.2) is 29.1 Å². The summed E-state index contributed by atoms with van der Waals surface area (Å²) in [7, 11) is -0.131. The Morgan fingerprint density at radius 2 is 1.90 bits per heavy atom. The van der Waals surface area contributed by atoms with Gasteiger partial charge in [-0.3, -0.25) is 9.59 Å². The Morgan fingerprint density at radius 3 is 2.45 bits per heavy atom. The quantitative estimate of drug-likeness (QED) is 0.612. The molecule has 1 N–H and O–H groups in total. The summed E-state index contributed by atoms with van der Waals surface area (Å²) in [6.45, 7) is 3.70. The molecule has 2 atom stereocenters. The minimum Gasteiger partial charge on any atom is -0.469 e. The Balaban J connectivity index is 2.47. The lowest BCUT2D eigenvalue weighted by Gasteiger charge is -2.12. The van der Waals surface area contributed by atoms with E-state index in [1.807, 2.05) is 19.1 Å². The van der Waals surface area contributed by atoms with E-state index in [2.05, 4.69) is 9.46 Å². The number of carbonyl (C=O) groups is 2. The average molecular weight is 297 g/mol. The molecule has 0 aromatic heterocycles. The molecule has 1 aromatic carbocycles. The van der Waals surface area contributed by atoms with Crippen LogP contribution in [0.25, 0.3) is 0 Å². The summed E-state index contributed by atoms with van der Waals surface area (Å²) in [6.07, 6.45) is -0.119. The fraction of sp³-hybridized carbons (Fsp3) is 0.429. The largest absolute Gasteiger partial charge is 0.469 e. The lowest BCUT2D eigenvalue weighted by atomic mass is 10.1. The predicted octanol–water partition coefficient (Wildman–Crippen LogP) is 1.52. The third kappa shape index (κ3) is 5.63. The zero-order valence-electron chi connectivity index (χ0n) is 11.8. The minimum atomic E-state index is -1.37. The Morgan fingerprint density at radius 1 is 1.30 bits per heavy atom. The van der Waals surface area contributed by atoms with Gasteiger partial charge in [-0.05, 0) is 26.0 Å². The molecule has 0 saturated heterocycles. The number of carbonyl (C=O) groups excluding carboxylic acids is 2. The maximum Gasteiger partial charge on any atom is 0.313 e. The van der Waals surface area contributed by atoms with Crippen molar-refractivity contribution in [3.8, 4) is 0 Å². The zero-order chi connectivity index (χ0) is 15.1. The first-order valence-corrected chi connectivity index (χ1v) is 7.40. The summed E-state index contributed by atoms with van der Waals surface area (Å²) in [5, 5.41) is 0. The van der Waals surface area contributed by atoms with E-state index in [1.54, 1.807) is 19.1 Å². The molecule has 1 aromatic rings. The molecule has 0 spiro atoms. The molecule has 0 fully saturated rings. The van der Waals surface area contributed by atoms with Crippen molar-refractivity contribution in [3.63, 3.8) is 0 Å². The van der Waals surface area contributed by atoms with Gasteiger partial charge in [0.25, 0.3) is 0 Å². The first-order chi connectivity index (χ1) is 9.42. The van der Waals surface area contributed by atoms with Crippen LogP contribution in [0.15, 0.2) is 29.2 Å². The summed E-state index contributed by atoms with van der Waals surface area (Å²) < 4.78 is 19.3. The minimum absolute atomic E-state index is 0.132. The maximum absolute atomic E-state index is 12.0. The van der Waals surface area contributed by atoms with Crippen LogP contribution in [0.4, 0.5) is 0 Å². The van der Waals surface area contributed by atoms with Crippen LogP contribution in [0.1, 0.15) is 25.3 Å². The maximum atomic E-state index is 12.0. The third-order valence-corrected chi connectivity index (χ3v) is 3.96. The Hall–Kier alpha value is -1.53. The number of ether oxygens (including phenoxy) is 1. The first-order valence-electron chi connectivity index (χ1n) is 6.25. The number of hydrogen-bond donors (Lipinski definition) is 1. The van der Waals surface area contributed by atoms with Gasteiger partial charge < -0.3 is 4.74 Å². The van der Waals surface area contributed by atoms with E-state index in [9.17, 15) is 13.8 Å². The predicted molar refractivity (Wildman–Crippen MR) is 76.4 cm³/mol. The second kappa shape index (κ2) is 7.91. The highest BCUT2D eigenvalue weighted by Crippen LogP contribution is 2.08. The van der Waals surface area contributed by atoms with Crippen LogP contribution in [0.3, 0.4) is 0 Å². The SMILES string of the molecule is COC(=O)CC(=O)C[C@@H](C)N[S@](=O)c1ccc(C)cc1. The Bertz CT molecular complexity index is 498. The van der Waals surface area contributed by atoms with Crippen molar-refractivity contribution in [1.29, 1.82) is 0 Å². The summed E-state index contributed by atoms with van der Waals surface area (Å²) in [4.78, 5) is 23.2. The molecule has 20 heavy (non-hydrogen) atoms. The van der Waals surface area contributed by atoms with Gasteiger partial charge in [-0.15, -0.1) is 0 Å². The number of aryl methyl sites for hydroxylation is 1. The molecule has 0 heterocycles. The first kappa shape index (κ1) is 16.5. The number of esters is 1. The summed E-state index contributed by atoms with van der Waals surface area (Å²) >= 11 is 0. The van der Waals surface area contributed by atoms with E-state index in [4.69, 9.17) is 0 Å². The topological polar surface area (TPSA) is 72.5 Å². The van der Waals surface area contributed by atoms with Gasteiger partial charge in [0.2, 0.25) is 0 Å². The molecule has 0 amide bonds. The highest BCUT2D eigenvalue weighted by molar-refractivity contribution is 7.83. The molecular formula is C14H19NO4S. The molecule has 6 heteroatoms. The van der Waals surface area contributed by atoms with Gasteiger partial charge in [-0.25, -0.2) is 8.93 Å². The number of methoxy groups -OCH3 is 1. The summed E-state index contributed by atoms with van der Waals surface area (Å²) in [5.74, 6) is -0.792. The normalized spacial score (nSPS) is 13.6. The molecule has 0 radical (unpaired) electrons. The van der Waals surface area contributed by atoms with Gasteiger partial charge in [0, 0.05) is 12.5 Å². The number of benzene rings is 1. The average Bonchev–Trinajstić information content (AvgIpc) is 2.38. The number of hydrogen-bond acceptors (Lipinski definition) is 4. The molecular weight excluding hydrogens is 278 g/mol. The van der Waals surface area contributed by atoms with Crippen LogP contribution in [0.2, 0.25) is 0 Å². The molecule has 0 bridgehead atoms. The van der Waals surface area contributed by atoms with Gasteiger partial charge >= 0.3 is 5.97 Å². The standard InChI is InChI=1S/C14H19NO4S/c1-10-4-6-13(7-5-10)20(18)15-11(2)8-12(16)9-14(17)19-3/h4-7,11,15H,8-9H2,1-3H3/t11-,20-/m1/s1. The number of nitrogens with one attached hydrogen (secondary N) is 1. The zero-order valence-corrected chi connectivity index (χ0v) is 12.7. The molecule has 0 aliphatic carbocycles. The van der Waals surface area contributed by atoms with Gasteiger partial charge in [-0.1, -0.05) is 17.7 Å². The molecule has 5 nitrogen and oxygen atoms in total. The van der Waals surface area contributed by atoms with Crippen LogP contribution in [0.5, 0.6) is 0 Å². The van der Waals surface area contributed by atoms with E-state index in [1.165, 1.54) is 7.11 Å². The highest BCUT2D eigenvalue weighted by Gasteiger charge is 2.15. The monoisotopic (exact) mass is 297 g/mol. The molecule has 110 valence electrons. The van der Waals surface area contributed by atoms with Crippen molar-refractivity contribution in [2.45, 2.75) is 37.6 Å². The lowest BCUT2D eigenvalue weighted by molar-refractivity contribution is -0.143. The van der Waals surface area contributed by atoms with Crippen molar-refractivity contribution in [2.24, 2.45) is 0 Å². The smallest absolute Gasteiger partial charge is 0.313 e. The summed E-state index contributed by atoms with van der Waals surface area (Å²) in [5.41, 5.74) is 1.09. The van der Waals surface area contributed by atoms with Crippen LogP contribution in [0, 0.1) is 6.92 Å². The van der Waals surface area contributed by atoms with Crippen molar-refractivity contribution >= 4 is 22.7 Å². The van der Waals surface area contributed by atoms with Gasteiger partial charge in [-0.2, -0.15) is 0 Å². The molecule has 0 aliphatic rings. The van der Waals surface area contributed by atoms with Crippen molar-refractivity contribution in [2.75, 3.05) is 7.11 Å². The van der Waals surface area contributed by atoms with E-state index in [-0.39, 0.29) is 24.7 Å². The van der Waals surface area contributed by atoms with E-state index in [0.29, 0.717) is 4.90 Å². The second-order valence-electron chi connectivity index (χ2n) is 4.60. The number of Topliss-reactive ketones (excluding diaryl/α,β-unsaturated/α-hetero) is 1. The Kier molecular flexibility index (Phi) is 6.54. The van der Waals surface area contributed by atoms with Gasteiger partial charge in [0.05, 0.1) is 12.0 Å². The Labute approximate surface area is 121 Å². The van der Waals surface area contributed by atoms with Gasteiger partial charge in [0.15, 0.2) is 0 Å². The lowest BCUT2D eigenvalue weighted by Crippen LogP contribution is -2.30. The molecule has 1 rings (SSSR count). The number of ketones is 1. The van der Waals surface area contributed by atoms with Crippen molar-refractivity contribution in [1.82, 2.24) is 4.72 Å². The molecule has 0 unspecified atom stereocenters. The third-order valence-electron chi connectivity index (χ3n) is 2.65. The van der Waals surface area contributed by atoms with Crippen LogP contribution in [-0.2, 0) is 25.3 Å². The van der Waals surface area contributed by atoms with Crippen molar-refractivity contribution < 1.29 is 18.5 Å². The number of rotatable bonds is 7. The molecule has 0 saturated carbocycles. The fourth-order valence-corrected chi connectivity index (χ4v) is 2.57.